The van der Waals surface area contributed by atoms with Crippen LogP contribution in [0.25, 0.3) is 0 Å². The van der Waals surface area contributed by atoms with Crippen molar-refractivity contribution in [3.8, 4) is 0 Å². The van der Waals surface area contributed by atoms with Crippen LogP contribution in [0.4, 0.5) is 0 Å². The number of rotatable bonds is 2. The molecule has 1 aliphatic heterocycles. The lowest BCUT2D eigenvalue weighted by molar-refractivity contribution is 0.00717. The number of hydrogen-bond acceptors (Lipinski definition) is 4. The van der Waals surface area contributed by atoms with Gasteiger partial charge in [-0.3, -0.25) is 4.90 Å². The molecule has 1 heterocycles. The highest BCUT2D eigenvalue weighted by molar-refractivity contribution is 5.81. The molecule has 1 aliphatic rings. The Bertz CT molecular complexity index is 172. The first-order chi connectivity index (χ1) is 5.74. The third kappa shape index (κ3) is 2.35. The molecular formula is C7H15N3O2. The van der Waals surface area contributed by atoms with Gasteiger partial charge in [-0.1, -0.05) is 5.16 Å². The molecule has 5 nitrogen and oxygen atoms in total. The minimum Gasteiger partial charge on any atom is -0.409 e. The van der Waals surface area contributed by atoms with Crippen molar-refractivity contribution in [3.05, 3.63) is 0 Å². The Morgan fingerprint density at radius 1 is 1.83 bits per heavy atom. The fourth-order valence-corrected chi connectivity index (χ4v) is 1.24. The fraction of sp³-hybridized carbons (Fsp3) is 0.857. The highest BCUT2D eigenvalue weighted by Crippen LogP contribution is 2.04. The second kappa shape index (κ2) is 4.27. The molecule has 0 radical (unpaired) electrons. The number of nitrogens with zero attached hydrogens (tertiary/aromatic N) is 2. The monoisotopic (exact) mass is 173 g/mol. The maximum Gasteiger partial charge on any atom is 0.153 e. The van der Waals surface area contributed by atoms with E-state index >= 15 is 0 Å². The van der Waals surface area contributed by atoms with E-state index in [1.54, 1.807) is 0 Å². The van der Waals surface area contributed by atoms with Gasteiger partial charge in [-0.15, -0.1) is 0 Å². The van der Waals surface area contributed by atoms with Crippen molar-refractivity contribution in [2.24, 2.45) is 10.9 Å². The van der Waals surface area contributed by atoms with E-state index in [0.29, 0.717) is 12.6 Å². The molecule has 5 heteroatoms. The van der Waals surface area contributed by atoms with Crippen LogP contribution >= 0.6 is 0 Å². The Morgan fingerprint density at radius 2 is 2.58 bits per heavy atom. The second-order valence-corrected chi connectivity index (χ2v) is 2.99. The van der Waals surface area contributed by atoms with Gasteiger partial charge in [-0.25, -0.2) is 0 Å². The summed E-state index contributed by atoms with van der Waals surface area (Å²) in [6.07, 6.45) is 0. The number of ether oxygens (including phenoxy) is 1. The van der Waals surface area contributed by atoms with Crippen LogP contribution in [0.3, 0.4) is 0 Å². The zero-order valence-electron chi connectivity index (χ0n) is 7.23. The van der Waals surface area contributed by atoms with Gasteiger partial charge < -0.3 is 15.7 Å². The van der Waals surface area contributed by atoms with Crippen molar-refractivity contribution in [2.75, 3.05) is 26.3 Å². The Kier molecular flexibility index (Phi) is 3.31. The van der Waals surface area contributed by atoms with Crippen LogP contribution in [0.1, 0.15) is 6.92 Å². The largest absolute Gasteiger partial charge is 0.409 e. The minimum atomic E-state index is 0.253. The Hall–Kier alpha value is -0.810. The molecule has 12 heavy (non-hydrogen) atoms. The van der Waals surface area contributed by atoms with Gasteiger partial charge in [-0.2, -0.15) is 0 Å². The summed E-state index contributed by atoms with van der Waals surface area (Å²) in [5.41, 5.74) is 5.38. The Labute approximate surface area is 71.8 Å². The predicted molar refractivity (Wildman–Crippen MR) is 45.3 cm³/mol. The summed E-state index contributed by atoms with van der Waals surface area (Å²) in [6.45, 7) is 4.87. The number of nitrogens with two attached hydrogens (primary N) is 1. The van der Waals surface area contributed by atoms with E-state index in [0.717, 1.165) is 19.8 Å². The quantitative estimate of drug-likeness (QED) is 0.254. The lowest BCUT2D eigenvalue weighted by Gasteiger charge is -2.32. The van der Waals surface area contributed by atoms with Gasteiger partial charge in [0.15, 0.2) is 5.84 Å². The average Bonchev–Trinajstić information content (AvgIpc) is 2.09. The first-order valence-electron chi connectivity index (χ1n) is 4.02. The molecule has 1 fully saturated rings. The maximum atomic E-state index is 8.36. The van der Waals surface area contributed by atoms with Gasteiger partial charge in [0.05, 0.1) is 19.8 Å². The van der Waals surface area contributed by atoms with Crippen LogP contribution < -0.4 is 5.73 Å². The molecule has 0 aliphatic carbocycles. The SMILES string of the molecule is CC1COCCN1C/C(N)=N/O. The molecular weight excluding hydrogens is 158 g/mol. The zero-order valence-corrected chi connectivity index (χ0v) is 7.23. The van der Waals surface area contributed by atoms with E-state index in [-0.39, 0.29) is 5.84 Å². The van der Waals surface area contributed by atoms with Crippen LogP contribution in [0.15, 0.2) is 5.16 Å². The molecule has 0 aromatic carbocycles. The number of oxime groups is 1. The van der Waals surface area contributed by atoms with Gasteiger partial charge in [0.1, 0.15) is 0 Å². The maximum absolute atomic E-state index is 8.36. The van der Waals surface area contributed by atoms with Crippen LogP contribution in [-0.4, -0.2) is 48.3 Å². The first-order valence-corrected chi connectivity index (χ1v) is 4.02. The van der Waals surface area contributed by atoms with Crippen LogP contribution in [0, 0.1) is 0 Å². The summed E-state index contributed by atoms with van der Waals surface area (Å²) in [5, 5.41) is 11.3. The standard InChI is InChI=1S/C7H15N3O2/c1-6-5-12-3-2-10(6)4-7(8)9-11/h6,11H,2-5H2,1H3,(H2,8,9). The number of hydrogen-bond donors (Lipinski definition) is 2. The second-order valence-electron chi connectivity index (χ2n) is 2.99. The van der Waals surface area contributed by atoms with E-state index in [1.165, 1.54) is 0 Å². The molecule has 1 saturated heterocycles. The summed E-state index contributed by atoms with van der Waals surface area (Å²) in [6, 6.07) is 0.346. The van der Waals surface area contributed by atoms with Gasteiger partial charge in [-0.05, 0) is 6.92 Å². The van der Waals surface area contributed by atoms with E-state index in [1.807, 2.05) is 0 Å². The zero-order chi connectivity index (χ0) is 8.97. The summed E-state index contributed by atoms with van der Waals surface area (Å²) >= 11 is 0. The predicted octanol–water partition coefficient (Wildman–Crippen LogP) is -0.546. The van der Waals surface area contributed by atoms with Crippen LogP contribution in [-0.2, 0) is 4.74 Å². The molecule has 70 valence electrons. The highest BCUT2D eigenvalue weighted by Gasteiger charge is 2.19. The normalized spacial score (nSPS) is 27.4. The summed E-state index contributed by atoms with van der Waals surface area (Å²) in [7, 11) is 0. The molecule has 1 unspecified atom stereocenters. The number of morpholine rings is 1. The third-order valence-corrected chi connectivity index (χ3v) is 2.00. The van der Waals surface area contributed by atoms with Crippen molar-refractivity contribution < 1.29 is 9.94 Å². The van der Waals surface area contributed by atoms with E-state index in [2.05, 4.69) is 17.0 Å². The van der Waals surface area contributed by atoms with Crippen LogP contribution in [0.5, 0.6) is 0 Å². The summed E-state index contributed by atoms with van der Waals surface area (Å²) in [4.78, 5) is 2.12. The lowest BCUT2D eigenvalue weighted by atomic mass is 10.2. The van der Waals surface area contributed by atoms with Gasteiger partial charge in [0.2, 0.25) is 0 Å². The Balaban J connectivity index is 2.39. The summed E-state index contributed by atoms with van der Waals surface area (Å²) in [5.74, 6) is 0.253. The molecule has 0 amide bonds. The van der Waals surface area contributed by atoms with Crippen molar-refractivity contribution in [1.82, 2.24) is 4.90 Å². The fourth-order valence-electron chi connectivity index (χ4n) is 1.24. The van der Waals surface area contributed by atoms with Gasteiger partial charge in [0.25, 0.3) is 0 Å². The van der Waals surface area contributed by atoms with Crippen molar-refractivity contribution in [1.29, 1.82) is 0 Å². The highest BCUT2D eigenvalue weighted by atomic mass is 16.5. The summed E-state index contributed by atoms with van der Waals surface area (Å²) < 4.78 is 5.24. The number of amidine groups is 1. The minimum absolute atomic E-state index is 0.253. The topological polar surface area (TPSA) is 71.1 Å². The van der Waals surface area contributed by atoms with E-state index < -0.39 is 0 Å². The van der Waals surface area contributed by atoms with Crippen molar-refractivity contribution >= 4 is 5.84 Å². The molecule has 0 spiro atoms. The van der Waals surface area contributed by atoms with E-state index in [9.17, 15) is 0 Å². The average molecular weight is 173 g/mol. The third-order valence-electron chi connectivity index (χ3n) is 2.00. The van der Waals surface area contributed by atoms with Crippen LogP contribution in [0.2, 0.25) is 0 Å². The lowest BCUT2D eigenvalue weighted by Crippen LogP contribution is -2.47. The van der Waals surface area contributed by atoms with Crippen molar-refractivity contribution in [2.45, 2.75) is 13.0 Å². The molecule has 0 aromatic heterocycles. The molecule has 0 bridgehead atoms. The molecule has 0 saturated carbocycles. The van der Waals surface area contributed by atoms with Gasteiger partial charge >= 0.3 is 0 Å². The molecule has 0 aromatic rings. The first kappa shape index (κ1) is 9.28. The van der Waals surface area contributed by atoms with Crippen molar-refractivity contribution in [3.63, 3.8) is 0 Å². The Morgan fingerprint density at radius 3 is 3.17 bits per heavy atom. The van der Waals surface area contributed by atoms with Gasteiger partial charge in [0, 0.05) is 12.6 Å². The smallest absolute Gasteiger partial charge is 0.153 e. The molecule has 1 rings (SSSR count). The van der Waals surface area contributed by atoms with E-state index in [4.69, 9.17) is 15.7 Å². The molecule has 1 atom stereocenters. The molecule has 3 N–H and O–H groups in total.